The van der Waals surface area contributed by atoms with Crippen LogP contribution in [-0.2, 0) is 26.3 Å². The number of rotatable bonds is 15. The van der Waals surface area contributed by atoms with E-state index in [1.54, 1.807) is 36.4 Å². The van der Waals surface area contributed by atoms with E-state index in [2.05, 4.69) is 9.56 Å². The fraction of sp³-hybridized carbons (Fsp3) is 0.393. The highest BCUT2D eigenvalue weighted by Crippen LogP contribution is 2.24. The van der Waals surface area contributed by atoms with Crippen LogP contribution in [-0.4, -0.2) is 72.1 Å². The van der Waals surface area contributed by atoms with Crippen LogP contribution in [0.5, 0.6) is 17.2 Å². The van der Waals surface area contributed by atoms with Crippen LogP contribution >= 0.6 is 0 Å². The summed E-state index contributed by atoms with van der Waals surface area (Å²) in [7, 11) is -3.56. The monoisotopic (exact) mass is 621 g/mol. The number of guanidine groups is 1. The van der Waals surface area contributed by atoms with Crippen molar-refractivity contribution in [2.45, 2.75) is 51.3 Å². The lowest BCUT2D eigenvalue weighted by Crippen LogP contribution is -2.37. The smallest absolute Gasteiger partial charge is 0.347 e. The van der Waals surface area contributed by atoms with Crippen molar-refractivity contribution in [1.29, 1.82) is 0 Å². The van der Waals surface area contributed by atoms with Gasteiger partial charge in [-0.3, -0.25) is 9.79 Å². The van der Waals surface area contributed by atoms with Crippen LogP contribution in [0.3, 0.4) is 0 Å². The maximum absolute atomic E-state index is 11.3. The van der Waals surface area contributed by atoms with Gasteiger partial charge in [-0.1, -0.05) is 0 Å². The predicted molar refractivity (Wildman–Crippen MR) is 162 cm³/mol. The minimum Gasteiger partial charge on any atom is -0.494 e. The number of nitrogens with two attached hydrogens (primary N) is 3. The normalized spacial score (nSPS) is 12.0. The zero-order valence-corrected chi connectivity index (χ0v) is 25.1. The molecule has 0 aliphatic heterocycles. The third-order valence-electron chi connectivity index (χ3n) is 5.80. The zero-order valence-electron chi connectivity index (χ0n) is 24.3. The summed E-state index contributed by atoms with van der Waals surface area (Å²) < 4.78 is 40.7. The number of aliphatic imine (C=N–C) groups is 1. The molecule has 8 N–H and O–H groups in total. The topological polar surface area (TPSA) is 232 Å². The Morgan fingerprint density at radius 1 is 1.00 bits per heavy atom. The Kier molecular flexibility index (Phi) is 12.6. The maximum atomic E-state index is 11.3. The molecule has 2 aromatic carbocycles. The summed E-state index contributed by atoms with van der Waals surface area (Å²) in [4.78, 5) is 25.0. The first-order valence-electron chi connectivity index (χ1n) is 13.2. The number of benzene rings is 2. The van der Waals surface area contributed by atoms with Gasteiger partial charge in [0.2, 0.25) is 0 Å². The Bertz CT molecular complexity index is 1500. The van der Waals surface area contributed by atoms with Crippen molar-refractivity contribution in [1.82, 2.24) is 4.57 Å². The van der Waals surface area contributed by atoms with Crippen LogP contribution < -0.4 is 30.9 Å². The van der Waals surface area contributed by atoms with Crippen LogP contribution in [0, 0.1) is 0 Å². The van der Waals surface area contributed by atoms with Crippen molar-refractivity contribution in [2.24, 2.45) is 22.2 Å². The van der Waals surface area contributed by atoms with Gasteiger partial charge in [-0.15, -0.1) is 0 Å². The van der Waals surface area contributed by atoms with Gasteiger partial charge >= 0.3 is 22.1 Å². The molecular formula is C28H39N5O9S. The first kappa shape index (κ1) is 34.7. The number of aryl methyl sites for hydroxylation is 1. The summed E-state index contributed by atoms with van der Waals surface area (Å²) in [6.07, 6.45) is 4.66. The van der Waals surface area contributed by atoms with E-state index < -0.39 is 33.7 Å². The fourth-order valence-electron chi connectivity index (χ4n) is 3.61. The second-order valence-electron chi connectivity index (χ2n) is 10.0. The van der Waals surface area contributed by atoms with E-state index in [4.69, 9.17) is 41.1 Å². The number of fused-ring (bicyclic) bond motifs is 1. The number of carboxylic acids is 2. The molecule has 0 aliphatic carbocycles. The molecule has 1 aromatic heterocycles. The highest BCUT2D eigenvalue weighted by Gasteiger charge is 2.29. The highest BCUT2D eigenvalue weighted by molar-refractivity contribution is 7.86. The van der Waals surface area contributed by atoms with Crippen LogP contribution in [0.25, 0.3) is 10.9 Å². The Labute approximate surface area is 250 Å². The molecule has 0 bridgehead atoms. The number of hydrogen-bond donors (Lipinski definition) is 5. The van der Waals surface area contributed by atoms with Gasteiger partial charge in [0.1, 0.15) is 23.3 Å². The lowest BCUT2D eigenvalue weighted by atomic mass is 10.1. The summed E-state index contributed by atoms with van der Waals surface area (Å²) in [5, 5.41) is 18.4. The molecule has 3 rings (SSSR count). The molecule has 14 nitrogen and oxygen atoms in total. The molecule has 236 valence electrons. The molecule has 0 fully saturated rings. The largest absolute Gasteiger partial charge is 0.494 e. The van der Waals surface area contributed by atoms with Crippen molar-refractivity contribution in [2.75, 3.05) is 19.4 Å². The molecule has 1 unspecified atom stereocenters. The van der Waals surface area contributed by atoms with Crippen molar-refractivity contribution in [3.8, 4) is 17.2 Å². The molecular weight excluding hydrogens is 582 g/mol. The summed E-state index contributed by atoms with van der Waals surface area (Å²) in [6.45, 7) is 4.62. The standard InChI is InChI=1S/C22H25NO7S.C6H14N4O2/c1-22(2,21(24)25)29-18-7-5-17(6-8-18)28-14-4-12-23-13-11-16-15-19(9-10-20(16)23)30-31(3,26)27;7-4(5(11)12)2-1-3-10-6(8)9/h5-11,13,15H,4,12,14H2,1-3H3,(H,24,25);4H,1-3,7H2,(H,11,12)(H4,8,9,10). The Balaban J connectivity index is 0.000000455. The van der Waals surface area contributed by atoms with Crippen molar-refractivity contribution in [3.63, 3.8) is 0 Å². The maximum Gasteiger partial charge on any atom is 0.347 e. The summed E-state index contributed by atoms with van der Waals surface area (Å²) >= 11 is 0. The molecule has 15 heteroatoms. The number of aliphatic carboxylic acids is 2. The van der Waals surface area contributed by atoms with Gasteiger partial charge in [-0.2, -0.15) is 8.42 Å². The second-order valence-corrected chi connectivity index (χ2v) is 11.6. The van der Waals surface area contributed by atoms with E-state index in [1.807, 2.05) is 18.3 Å². The molecule has 3 aromatic rings. The lowest BCUT2D eigenvalue weighted by molar-refractivity contribution is -0.152. The van der Waals surface area contributed by atoms with Crippen LogP contribution in [0.15, 0.2) is 59.7 Å². The van der Waals surface area contributed by atoms with Gasteiger partial charge in [0, 0.05) is 30.2 Å². The molecule has 0 spiro atoms. The molecule has 1 heterocycles. The number of carboxylic acid groups (broad SMARTS) is 2. The average molecular weight is 622 g/mol. The van der Waals surface area contributed by atoms with E-state index in [0.29, 0.717) is 37.5 Å². The van der Waals surface area contributed by atoms with Gasteiger partial charge in [0.05, 0.1) is 12.9 Å². The molecule has 0 radical (unpaired) electrons. The second kappa shape index (κ2) is 15.7. The third kappa shape index (κ3) is 12.5. The Morgan fingerprint density at radius 2 is 1.63 bits per heavy atom. The minimum atomic E-state index is -3.56. The van der Waals surface area contributed by atoms with Crippen LogP contribution in [0.4, 0.5) is 0 Å². The van der Waals surface area contributed by atoms with Gasteiger partial charge in [0.25, 0.3) is 0 Å². The minimum absolute atomic E-state index is 0.0129. The Morgan fingerprint density at radius 3 is 2.21 bits per heavy atom. The number of hydrogen-bond acceptors (Lipinski definition) is 9. The number of nitrogens with zero attached hydrogens (tertiary/aromatic N) is 2. The van der Waals surface area contributed by atoms with Crippen molar-refractivity contribution < 1.29 is 41.9 Å². The number of carbonyl (C=O) groups is 2. The summed E-state index contributed by atoms with van der Waals surface area (Å²) in [5.41, 5.74) is 15.0. The molecule has 0 saturated carbocycles. The first-order valence-corrected chi connectivity index (χ1v) is 15.1. The van der Waals surface area contributed by atoms with Crippen LogP contribution in [0.2, 0.25) is 0 Å². The van der Waals surface area contributed by atoms with E-state index in [9.17, 15) is 18.0 Å². The fourth-order valence-corrected chi connectivity index (χ4v) is 4.06. The van der Waals surface area contributed by atoms with Gasteiger partial charge in [0.15, 0.2) is 11.6 Å². The average Bonchev–Trinajstić information content (AvgIpc) is 3.31. The predicted octanol–water partition coefficient (Wildman–Crippen LogP) is 2.14. The Hall–Kier alpha value is -4.50. The summed E-state index contributed by atoms with van der Waals surface area (Å²) in [6, 6.07) is 13.1. The molecule has 0 amide bonds. The SMILES string of the molecule is CC(C)(Oc1ccc(OCCCn2ccc3cc(OS(C)(=O)=O)ccc32)cc1)C(=O)O.NC(N)=NCCCC(N)C(=O)O. The van der Waals surface area contributed by atoms with Gasteiger partial charge in [-0.25, -0.2) is 4.79 Å². The van der Waals surface area contributed by atoms with Crippen LogP contribution in [0.1, 0.15) is 33.1 Å². The lowest BCUT2D eigenvalue weighted by Gasteiger charge is -2.21. The molecule has 0 aliphatic rings. The number of aromatic nitrogens is 1. The third-order valence-corrected chi connectivity index (χ3v) is 6.29. The first-order chi connectivity index (χ1) is 20.1. The quantitative estimate of drug-likeness (QED) is 0.0711. The van der Waals surface area contributed by atoms with Gasteiger partial charge in [-0.05, 0) is 81.6 Å². The highest BCUT2D eigenvalue weighted by atomic mass is 32.2. The van der Waals surface area contributed by atoms with Crippen molar-refractivity contribution in [3.05, 3.63) is 54.7 Å². The molecule has 0 saturated heterocycles. The molecule has 43 heavy (non-hydrogen) atoms. The molecule has 1 atom stereocenters. The van der Waals surface area contributed by atoms with E-state index >= 15 is 0 Å². The summed E-state index contributed by atoms with van der Waals surface area (Å²) in [5.74, 6) is -0.614. The van der Waals surface area contributed by atoms with E-state index in [1.165, 1.54) is 13.8 Å². The zero-order chi connectivity index (χ0) is 32.2. The van der Waals surface area contributed by atoms with Crippen molar-refractivity contribution >= 4 is 38.9 Å². The number of ether oxygens (including phenoxy) is 2. The van der Waals surface area contributed by atoms with E-state index in [-0.39, 0.29) is 11.7 Å². The van der Waals surface area contributed by atoms with E-state index in [0.717, 1.165) is 30.1 Å². The van der Waals surface area contributed by atoms with Gasteiger partial charge < -0.3 is 45.6 Å².